The Morgan fingerprint density at radius 1 is 1.07 bits per heavy atom. The Morgan fingerprint density at radius 2 is 1.83 bits per heavy atom. The first-order valence-electron chi connectivity index (χ1n) is 9.20. The maximum absolute atomic E-state index is 12.3. The fraction of sp³-hybridized carbons (Fsp3) is 0.227. The van der Waals surface area contributed by atoms with Gasteiger partial charge < -0.3 is 10.6 Å². The lowest BCUT2D eigenvalue weighted by molar-refractivity contribution is -0.115. The molecule has 0 aliphatic heterocycles. The van der Waals surface area contributed by atoms with Crippen LogP contribution >= 0.6 is 23.1 Å². The van der Waals surface area contributed by atoms with E-state index in [2.05, 4.69) is 21.0 Å². The molecule has 0 saturated carbocycles. The molecule has 0 radical (unpaired) electrons. The number of carbonyl (C=O) groups excluding carboxylic acids is 2. The van der Waals surface area contributed by atoms with E-state index in [-0.39, 0.29) is 18.4 Å². The van der Waals surface area contributed by atoms with E-state index in [0.717, 1.165) is 38.2 Å². The zero-order valence-electron chi connectivity index (χ0n) is 16.6. The highest BCUT2D eigenvalue weighted by Crippen LogP contribution is 2.24. The van der Waals surface area contributed by atoms with E-state index >= 15 is 0 Å². The van der Waals surface area contributed by atoms with Gasteiger partial charge >= 0.3 is 0 Å². The topological polar surface area (TPSA) is 71.1 Å². The third-order valence-corrected chi connectivity index (χ3v) is 6.33. The molecule has 2 N–H and O–H groups in total. The molecule has 0 bridgehead atoms. The number of nitrogens with one attached hydrogen (secondary N) is 2. The van der Waals surface area contributed by atoms with Gasteiger partial charge in [-0.2, -0.15) is 0 Å². The van der Waals surface area contributed by atoms with Gasteiger partial charge in [-0.1, -0.05) is 12.1 Å². The number of anilines is 1. The zero-order chi connectivity index (χ0) is 20.8. The van der Waals surface area contributed by atoms with Gasteiger partial charge in [0, 0.05) is 27.3 Å². The maximum atomic E-state index is 12.3. The first-order chi connectivity index (χ1) is 13.9. The second-order valence-corrected chi connectivity index (χ2v) is 8.76. The average Bonchev–Trinajstić information content (AvgIpc) is 3.13. The summed E-state index contributed by atoms with van der Waals surface area (Å²) >= 11 is 3.32. The van der Waals surface area contributed by atoms with E-state index in [1.807, 2.05) is 51.1 Å². The Bertz CT molecular complexity index is 1010. The lowest BCUT2D eigenvalue weighted by Gasteiger charge is -2.11. The van der Waals surface area contributed by atoms with Crippen molar-refractivity contribution in [2.45, 2.75) is 31.4 Å². The Labute approximate surface area is 179 Å². The Morgan fingerprint density at radius 3 is 2.52 bits per heavy atom. The van der Waals surface area contributed by atoms with Crippen LogP contribution < -0.4 is 10.6 Å². The number of thioether (sulfide) groups is 1. The molecule has 0 saturated heterocycles. The summed E-state index contributed by atoms with van der Waals surface area (Å²) in [4.78, 5) is 30.0. The fourth-order valence-corrected chi connectivity index (χ4v) is 4.19. The Hall–Kier alpha value is -2.64. The zero-order valence-corrected chi connectivity index (χ0v) is 18.2. The van der Waals surface area contributed by atoms with Crippen LogP contribution in [0.5, 0.6) is 0 Å². The number of nitrogens with zero attached hydrogens (tertiary/aromatic N) is 1. The van der Waals surface area contributed by atoms with Gasteiger partial charge in [0.1, 0.15) is 0 Å². The lowest BCUT2D eigenvalue weighted by Crippen LogP contribution is -2.33. The number of carbonyl (C=O) groups is 2. The summed E-state index contributed by atoms with van der Waals surface area (Å²) in [6.07, 6.45) is 0. The highest BCUT2D eigenvalue weighted by Gasteiger charge is 2.10. The Kier molecular flexibility index (Phi) is 7.06. The Balaban J connectivity index is 1.48. The van der Waals surface area contributed by atoms with Crippen LogP contribution in [0.25, 0.3) is 0 Å². The summed E-state index contributed by atoms with van der Waals surface area (Å²) in [7, 11) is 0. The molecule has 0 spiro atoms. The highest BCUT2D eigenvalue weighted by molar-refractivity contribution is 7.98. The molecule has 29 heavy (non-hydrogen) atoms. The fourth-order valence-electron chi connectivity index (χ4n) is 2.68. The average molecular weight is 426 g/mol. The third kappa shape index (κ3) is 5.92. The number of benzene rings is 2. The minimum Gasteiger partial charge on any atom is -0.343 e. The molecule has 0 aliphatic rings. The summed E-state index contributed by atoms with van der Waals surface area (Å²) < 4.78 is 0. The van der Waals surface area contributed by atoms with Crippen LogP contribution in [-0.4, -0.2) is 23.3 Å². The van der Waals surface area contributed by atoms with Crippen molar-refractivity contribution in [2.75, 3.05) is 11.9 Å². The van der Waals surface area contributed by atoms with E-state index in [9.17, 15) is 9.59 Å². The molecular weight excluding hydrogens is 402 g/mol. The molecule has 2 amide bonds. The summed E-state index contributed by atoms with van der Waals surface area (Å²) in [6.45, 7) is 5.87. The van der Waals surface area contributed by atoms with Gasteiger partial charge in [-0.15, -0.1) is 23.1 Å². The molecule has 3 rings (SSSR count). The number of rotatable bonds is 7. The minimum atomic E-state index is -0.271. The largest absolute Gasteiger partial charge is 0.343 e. The predicted octanol–water partition coefficient (Wildman–Crippen LogP) is 4.73. The minimum absolute atomic E-state index is 0.0775. The monoisotopic (exact) mass is 425 g/mol. The predicted molar refractivity (Wildman–Crippen MR) is 120 cm³/mol. The molecule has 150 valence electrons. The second kappa shape index (κ2) is 9.71. The summed E-state index contributed by atoms with van der Waals surface area (Å²) in [5.41, 5.74) is 4.48. The molecule has 5 nitrogen and oxygen atoms in total. The van der Waals surface area contributed by atoms with Crippen LogP contribution in [0.3, 0.4) is 0 Å². The molecule has 0 fully saturated rings. The van der Waals surface area contributed by atoms with Crippen LogP contribution in [0.1, 0.15) is 32.2 Å². The van der Waals surface area contributed by atoms with Crippen molar-refractivity contribution in [2.24, 2.45) is 0 Å². The van der Waals surface area contributed by atoms with Crippen LogP contribution in [-0.2, 0) is 10.5 Å². The standard InChI is InChI=1S/C22H23N3O2S2/c1-14-5-4-6-20(15(14)2)25-21(26)11-23-22(27)17-7-9-19(10-8-17)29-13-18-12-28-16(3)24-18/h4-10,12H,11,13H2,1-3H3,(H,23,27)(H,25,26). The molecule has 0 aliphatic carbocycles. The maximum Gasteiger partial charge on any atom is 0.251 e. The van der Waals surface area contributed by atoms with Gasteiger partial charge in [-0.3, -0.25) is 9.59 Å². The van der Waals surface area contributed by atoms with Crippen LogP contribution in [0.2, 0.25) is 0 Å². The summed E-state index contributed by atoms with van der Waals surface area (Å²) in [5.74, 6) is 0.277. The number of amides is 2. The van der Waals surface area contributed by atoms with Crippen molar-refractivity contribution in [3.63, 3.8) is 0 Å². The summed E-state index contributed by atoms with van der Waals surface area (Å²) in [5, 5.41) is 8.63. The molecule has 0 atom stereocenters. The van der Waals surface area contributed by atoms with Crippen molar-refractivity contribution in [1.82, 2.24) is 10.3 Å². The molecular formula is C22H23N3O2S2. The first kappa shape index (κ1) is 21.1. The van der Waals surface area contributed by atoms with Gasteiger partial charge in [0.2, 0.25) is 5.91 Å². The quantitative estimate of drug-likeness (QED) is 0.537. The van der Waals surface area contributed by atoms with E-state index in [0.29, 0.717) is 5.56 Å². The normalized spacial score (nSPS) is 10.6. The smallest absolute Gasteiger partial charge is 0.251 e. The van der Waals surface area contributed by atoms with E-state index in [1.165, 1.54) is 0 Å². The van der Waals surface area contributed by atoms with Gasteiger partial charge in [0.05, 0.1) is 17.2 Å². The summed E-state index contributed by atoms with van der Waals surface area (Å²) in [6, 6.07) is 13.1. The molecule has 7 heteroatoms. The van der Waals surface area contributed by atoms with Gasteiger partial charge in [-0.05, 0) is 62.2 Å². The number of thiazole rings is 1. The van der Waals surface area contributed by atoms with Crippen molar-refractivity contribution >= 4 is 40.6 Å². The molecule has 0 unspecified atom stereocenters. The number of hydrogen-bond acceptors (Lipinski definition) is 5. The number of hydrogen-bond donors (Lipinski definition) is 2. The molecule has 2 aromatic carbocycles. The van der Waals surface area contributed by atoms with Gasteiger partial charge in [-0.25, -0.2) is 4.98 Å². The van der Waals surface area contributed by atoms with Gasteiger partial charge in [0.25, 0.3) is 5.91 Å². The lowest BCUT2D eigenvalue weighted by atomic mass is 10.1. The van der Waals surface area contributed by atoms with E-state index in [4.69, 9.17) is 0 Å². The van der Waals surface area contributed by atoms with E-state index < -0.39 is 0 Å². The van der Waals surface area contributed by atoms with Crippen LogP contribution in [0, 0.1) is 20.8 Å². The number of aryl methyl sites for hydroxylation is 2. The SMILES string of the molecule is Cc1nc(CSc2ccc(C(=O)NCC(=O)Nc3cccc(C)c3C)cc2)cs1. The molecule has 1 aromatic heterocycles. The second-order valence-electron chi connectivity index (χ2n) is 6.65. The van der Waals surface area contributed by atoms with Gasteiger partial charge in [0.15, 0.2) is 0 Å². The van der Waals surface area contributed by atoms with Crippen molar-refractivity contribution in [3.8, 4) is 0 Å². The number of aromatic nitrogens is 1. The molecule has 3 aromatic rings. The third-order valence-electron chi connectivity index (χ3n) is 4.46. The van der Waals surface area contributed by atoms with Crippen LogP contribution in [0.15, 0.2) is 52.7 Å². The van der Waals surface area contributed by atoms with Crippen molar-refractivity contribution < 1.29 is 9.59 Å². The van der Waals surface area contributed by atoms with Crippen molar-refractivity contribution in [1.29, 1.82) is 0 Å². The first-order valence-corrected chi connectivity index (χ1v) is 11.1. The van der Waals surface area contributed by atoms with E-state index in [1.54, 1.807) is 35.2 Å². The van der Waals surface area contributed by atoms with Crippen LogP contribution in [0.4, 0.5) is 5.69 Å². The molecule has 1 heterocycles. The highest BCUT2D eigenvalue weighted by atomic mass is 32.2. The van der Waals surface area contributed by atoms with Crippen molar-refractivity contribution in [3.05, 3.63) is 75.2 Å².